The number of benzene rings is 2. The molecule has 0 bridgehead atoms. The number of hydrogen-bond donors (Lipinski definition) is 6. The van der Waals surface area contributed by atoms with Crippen molar-refractivity contribution in [3.63, 3.8) is 0 Å². The van der Waals surface area contributed by atoms with Gasteiger partial charge in [0.25, 0.3) is 0 Å². The lowest BCUT2D eigenvalue weighted by atomic mass is 9.72. The van der Waals surface area contributed by atoms with E-state index in [1.54, 1.807) is 6.92 Å². The highest BCUT2D eigenvalue weighted by molar-refractivity contribution is 6.31. The molecule has 2 aliphatic carbocycles. The lowest BCUT2D eigenvalue weighted by Gasteiger charge is -2.43. The van der Waals surface area contributed by atoms with E-state index in [-0.39, 0.29) is 40.3 Å². The Morgan fingerprint density at radius 1 is 1.13 bits per heavy atom. The fourth-order valence-electron chi connectivity index (χ4n) is 6.67. The van der Waals surface area contributed by atoms with E-state index in [0.29, 0.717) is 6.42 Å². The molecule has 0 saturated carbocycles. The molecule has 1 heterocycles. The average molecular weight is 641 g/mol. The molecular formula is C33H40N2O11. The van der Waals surface area contributed by atoms with Gasteiger partial charge in [0, 0.05) is 36.0 Å². The van der Waals surface area contributed by atoms with Crippen molar-refractivity contribution in [2.75, 3.05) is 7.11 Å². The first-order valence-electron chi connectivity index (χ1n) is 15.2. The van der Waals surface area contributed by atoms with Gasteiger partial charge in [0.2, 0.25) is 11.7 Å². The maximum atomic E-state index is 13.8. The fraction of sp³-hybridized carbons (Fsp3) is 0.515. The number of ether oxygens (including phenoxy) is 3. The first kappa shape index (κ1) is 33.5. The molecule has 46 heavy (non-hydrogen) atoms. The molecule has 0 radical (unpaired) electrons. The van der Waals surface area contributed by atoms with Gasteiger partial charge in [0.15, 0.2) is 17.9 Å². The second-order valence-corrected chi connectivity index (χ2v) is 12.8. The number of hydrogen-bond acceptors (Lipinski definition) is 12. The van der Waals surface area contributed by atoms with Crippen LogP contribution in [0.1, 0.15) is 96.0 Å². The van der Waals surface area contributed by atoms with Gasteiger partial charge in [-0.05, 0) is 32.3 Å². The smallest absolute Gasteiger partial charge is 0.237 e. The Bertz CT molecular complexity index is 1600. The largest absolute Gasteiger partial charge is 0.507 e. The highest BCUT2D eigenvalue weighted by atomic mass is 16.7. The van der Waals surface area contributed by atoms with Crippen molar-refractivity contribution in [2.45, 2.75) is 95.7 Å². The van der Waals surface area contributed by atoms with E-state index < -0.39 is 101 Å². The molecule has 1 aliphatic heterocycles. The summed E-state index contributed by atoms with van der Waals surface area (Å²) in [5, 5.41) is 48.1. The first-order valence-corrected chi connectivity index (χ1v) is 15.2. The molecule has 7 N–H and O–H groups in total. The summed E-state index contributed by atoms with van der Waals surface area (Å²) in [6.45, 7) is 6.59. The van der Waals surface area contributed by atoms with Crippen LogP contribution in [-0.4, -0.2) is 87.0 Å². The number of aromatic hydroxyl groups is 2. The van der Waals surface area contributed by atoms with Gasteiger partial charge in [-0.1, -0.05) is 26.0 Å². The third kappa shape index (κ3) is 5.66. The minimum absolute atomic E-state index is 0.0405. The Hall–Kier alpha value is -3.88. The molecule has 7 atom stereocenters. The average Bonchev–Trinajstić information content (AvgIpc) is 2.99. The highest BCUT2D eigenvalue weighted by Crippen LogP contribution is 2.52. The van der Waals surface area contributed by atoms with E-state index in [1.165, 1.54) is 25.3 Å². The SMILES string of the molecule is COc1cccc2c1C(=O)c1c(O)c3c(c(O)c1C2=O)C[C@@](O)(C(C)=O)C[C@@H]3O[C@H]1C[C@H](NC(=O)[C@@H](N)CC(C)C)[C@H](O)[C@H](C)O1. The van der Waals surface area contributed by atoms with Crippen molar-refractivity contribution >= 4 is 23.3 Å². The van der Waals surface area contributed by atoms with Crippen LogP contribution in [0.2, 0.25) is 0 Å². The van der Waals surface area contributed by atoms with Crippen LogP contribution in [0, 0.1) is 5.92 Å². The number of rotatable bonds is 8. The number of carbonyl (C=O) groups is 4. The number of methoxy groups -OCH3 is 1. The Balaban J connectivity index is 1.55. The molecule has 0 unspecified atom stereocenters. The summed E-state index contributed by atoms with van der Waals surface area (Å²) in [7, 11) is 1.33. The summed E-state index contributed by atoms with van der Waals surface area (Å²) in [6.07, 6.45) is -4.95. The Morgan fingerprint density at radius 3 is 2.43 bits per heavy atom. The van der Waals surface area contributed by atoms with Crippen LogP contribution in [0.3, 0.4) is 0 Å². The van der Waals surface area contributed by atoms with Gasteiger partial charge in [0.1, 0.15) is 29.0 Å². The van der Waals surface area contributed by atoms with Gasteiger partial charge >= 0.3 is 0 Å². The van der Waals surface area contributed by atoms with E-state index in [9.17, 15) is 39.6 Å². The minimum Gasteiger partial charge on any atom is -0.507 e. The van der Waals surface area contributed by atoms with E-state index >= 15 is 0 Å². The number of carbonyl (C=O) groups excluding carboxylic acids is 4. The van der Waals surface area contributed by atoms with Crippen LogP contribution in [-0.2, 0) is 25.5 Å². The standard InChI is InChI=1S/C33H40N2O11/c1-13(2)9-18(34)32(42)35-19-10-22(45-14(3)27(19)37)46-21-12-33(43,15(4)36)11-17-24(21)31(41)26-25(29(17)39)28(38)16-7-6-8-20(44-5)23(16)30(26)40/h6-8,13-14,18-19,21-22,27,37,39,41,43H,9-12,34H2,1-5H3,(H,35,42)/t14-,18-,19-,21-,22-,27+,33-/m0/s1. The number of phenolic OH excluding ortho intramolecular Hbond substituents is 2. The predicted molar refractivity (Wildman–Crippen MR) is 162 cm³/mol. The molecule has 5 rings (SSSR count). The summed E-state index contributed by atoms with van der Waals surface area (Å²) in [4.78, 5) is 53.0. The van der Waals surface area contributed by atoms with Crippen molar-refractivity contribution in [3.05, 3.63) is 51.6 Å². The number of nitrogens with one attached hydrogen (secondary N) is 1. The second-order valence-electron chi connectivity index (χ2n) is 12.8. The lowest BCUT2D eigenvalue weighted by Crippen LogP contribution is -2.58. The van der Waals surface area contributed by atoms with E-state index in [4.69, 9.17) is 19.9 Å². The van der Waals surface area contributed by atoms with Crippen LogP contribution in [0.15, 0.2) is 18.2 Å². The van der Waals surface area contributed by atoms with Gasteiger partial charge in [0.05, 0.1) is 48.1 Å². The number of nitrogens with two attached hydrogens (primary N) is 1. The Labute approximate surface area is 265 Å². The number of ketones is 3. The van der Waals surface area contributed by atoms with Crippen LogP contribution >= 0.6 is 0 Å². The monoisotopic (exact) mass is 640 g/mol. The quantitative estimate of drug-likeness (QED) is 0.194. The number of aliphatic hydroxyl groups excluding tert-OH is 1. The third-order valence-electron chi connectivity index (χ3n) is 9.14. The highest BCUT2D eigenvalue weighted by Gasteiger charge is 2.49. The fourth-order valence-corrected chi connectivity index (χ4v) is 6.67. The Morgan fingerprint density at radius 2 is 1.80 bits per heavy atom. The maximum Gasteiger partial charge on any atom is 0.237 e. The minimum atomic E-state index is -2.07. The topological polar surface area (TPSA) is 215 Å². The van der Waals surface area contributed by atoms with Crippen LogP contribution in [0.5, 0.6) is 17.2 Å². The molecule has 1 fully saturated rings. The maximum absolute atomic E-state index is 13.8. The van der Waals surface area contributed by atoms with E-state index in [2.05, 4.69) is 5.32 Å². The van der Waals surface area contributed by atoms with Gasteiger partial charge in [-0.25, -0.2) is 0 Å². The van der Waals surface area contributed by atoms with Gasteiger partial charge in [-0.2, -0.15) is 0 Å². The zero-order valence-corrected chi connectivity index (χ0v) is 26.3. The predicted octanol–water partition coefficient (Wildman–Crippen LogP) is 1.56. The van der Waals surface area contributed by atoms with E-state index in [0.717, 1.165) is 6.92 Å². The molecule has 1 amide bonds. The summed E-state index contributed by atoms with van der Waals surface area (Å²) in [6, 6.07) is 2.75. The third-order valence-corrected chi connectivity index (χ3v) is 9.14. The van der Waals surface area contributed by atoms with Crippen LogP contribution in [0.25, 0.3) is 0 Å². The van der Waals surface area contributed by atoms with Gasteiger partial charge < -0.3 is 45.7 Å². The molecule has 2 aromatic rings. The van der Waals surface area contributed by atoms with Gasteiger partial charge in [-0.15, -0.1) is 0 Å². The van der Waals surface area contributed by atoms with Crippen molar-refractivity contribution in [3.8, 4) is 17.2 Å². The Kier molecular flexibility index (Phi) is 9.01. The zero-order valence-electron chi connectivity index (χ0n) is 26.3. The molecule has 1 saturated heterocycles. The van der Waals surface area contributed by atoms with Crippen molar-refractivity contribution in [2.24, 2.45) is 11.7 Å². The summed E-state index contributed by atoms with van der Waals surface area (Å²) in [5.74, 6) is -3.70. The van der Waals surface area contributed by atoms with Crippen LogP contribution < -0.4 is 15.8 Å². The molecule has 2 aromatic carbocycles. The number of fused-ring (bicyclic) bond motifs is 3. The number of amides is 1. The second kappa shape index (κ2) is 12.4. The van der Waals surface area contributed by atoms with Crippen LogP contribution in [0.4, 0.5) is 0 Å². The normalized spacial score (nSPS) is 27.8. The summed E-state index contributed by atoms with van der Waals surface area (Å²) >= 11 is 0. The van der Waals surface area contributed by atoms with Crippen molar-refractivity contribution < 1.29 is 53.8 Å². The number of aliphatic hydroxyl groups is 2. The molecule has 3 aliphatic rings. The van der Waals surface area contributed by atoms with Crippen molar-refractivity contribution in [1.29, 1.82) is 0 Å². The number of Topliss-reactive ketones (excluding diaryl/α,β-unsaturated/α-hetero) is 1. The molecule has 13 nitrogen and oxygen atoms in total. The lowest BCUT2D eigenvalue weighted by molar-refractivity contribution is -0.249. The summed E-state index contributed by atoms with van der Waals surface area (Å²) < 4.78 is 17.4. The van der Waals surface area contributed by atoms with E-state index in [1.807, 2.05) is 13.8 Å². The molecular weight excluding hydrogens is 600 g/mol. The van der Waals surface area contributed by atoms with Crippen molar-refractivity contribution in [1.82, 2.24) is 5.32 Å². The molecule has 0 spiro atoms. The zero-order chi connectivity index (χ0) is 33.8. The molecule has 13 heteroatoms. The molecule has 248 valence electrons. The first-order chi connectivity index (χ1) is 21.6. The number of phenols is 2. The van der Waals surface area contributed by atoms with Gasteiger partial charge in [-0.3, -0.25) is 19.2 Å². The summed E-state index contributed by atoms with van der Waals surface area (Å²) in [5.41, 5.74) is 2.69. The molecule has 0 aromatic heterocycles.